The second kappa shape index (κ2) is 13.7. The number of nitrogens with one attached hydrogen (secondary N) is 1. The number of hydrogen-bond acceptors (Lipinski definition) is 5. The lowest BCUT2D eigenvalue weighted by Crippen LogP contribution is -2.54. The maximum atomic E-state index is 14.4. The molecule has 5 aromatic rings. The van der Waals surface area contributed by atoms with Gasteiger partial charge in [-0.25, -0.2) is 9.69 Å². The number of urea groups is 1. The molecule has 51 heavy (non-hydrogen) atoms. The van der Waals surface area contributed by atoms with Crippen LogP contribution in [0.15, 0.2) is 121 Å². The van der Waals surface area contributed by atoms with Crippen LogP contribution in [0.2, 0.25) is 10.0 Å². The van der Waals surface area contributed by atoms with Gasteiger partial charge in [-0.3, -0.25) is 14.9 Å². The van der Waals surface area contributed by atoms with Crippen LogP contribution in [0.4, 0.5) is 16.2 Å². The number of rotatable bonds is 7. The summed E-state index contributed by atoms with van der Waals surface area (Å²) in [5.41, 5.74) is 7.15. The molecule has 0 saturated carbocycles. The van der Waals surface area contributed by atoms with E-state index in [1.807, 2.05) is 48.5 Å². The minimum absolute atomic E-state index is 0.0726. The quantitative estimate of drug-likeness (QED) is 0.134. The van der Waals surface area contributed by atoms with Gasteiger partial charge in [-0.2, -0.15) is 0 Å². The second-order valence-electron chi connectivity index (χ2n) is 13.0. The number of nitrogens with zero attached hydrogens (tertiary/aromatic N) is 2. The van der Waals surface area contributed by atoms with Crippen LogP contribution >= 0.6 is 23.2 Å². The highest BCUT2D eigenvalue weighted by Crippen LogP contribution is 2.50. The third-order valence-electron chi connectivity index (χ3n) is 9.98. The molecule has 1 N–H and O–H groups in total. The standard InChI is InChI=1S/C42H33Cl2N3O4/c43-30-16-15-29(37(44)22-30)25-51-38-14-8-7-13-28(38)21-36-40(48)45-42(50)47(41(36)49)31-23-34-32(26-9-3-1-4-10-26)17-19-46-20-18-33(35(24-31)39(34)46)27-11-5-2-6-12-27/h1-16,21-24,32-33H,17-20,25H2,(H,45,48,50)/b36-21+/t32-,33+. The Kier molecular flexibility index (Phi) is 8.84. The van der Waals surface area contributed by atoms with E-state index in [1.165, 1.54) is 22.9 Å². The van der Waals surface area contributed by atoms with Crippen molar-refractivity contribution in [3.8, 4) is 5.75 Å². The van der Waals surface area contributed by atoms with Gasteiger partial charge in [0.1, 0.15) is 17.9 Å². The normalized spacial score (nSPS) is 19.2. The van der Waals surface area contributed by atoms with E-state index in [0.717, 1.165) is 47.5 Å². The van der Waals surface area contributed by atoms with Crippen LogP contribution in [0.5, 0.6) is 5.75 Å². The Morgan fingerprint density at radius 1 is 0.745 bits per heavy atom. The Labute approximate surface area is 306 Å². The smallest absolute Gasteiger partial charge is 0.335 e. The van der Waals surface area contributed by atoms with Gasteiger partial charge in [-0.05, 0) is 71.5 Å². The van der Waals surface area contributed by atoms with Crippen molar-refractivity contribution >= 4 is 58.5 Å². The molecule has 0 aromatic heterocycles. The number of para-hydroxylation sites is 1. The SMILES string of the molecule is O=C1NC(=O)N(c2cc3c4c(c2)[C@H](c2ccccc2)CCN4CC[C@@H]3c2ccccc2)C(=O)/C1=C/c1ccccc1OCc1ccc(Cl)cc1Cl. The number of ether oxygens (including phenoxy) is 1. The molecular formula is C42H33Cl2N3O4. The summed E-state index contributed by atoms with van der Waals surface area (Å²) in [6.07, 6.45) is 3.27. The van der Waals surface area contributed by atoms with Crippen LogP contribution in [-0.4, -0.2) is 30.9 Å². The zero-order valence-electron chi connectivity index (χ0n) is 27.5. The molecule has 7 nitrogen and oxygen atoms in total. The zero-order chi connectivity index (χ0) is 35.1. The van der Waals surface area contributed by atoms with Crippen LogP contribution in [0.25, 0.3) is 6.08 Å². The van der Waals surface area contributed by atoms with E-state index in [-0.39, 0.29) is 24.0 Å². The van der Waals surface area contributed by atoms with Crippen molar-refractivity contribution in [3.05, 3.63) is 164 Å². The second-order valence-corrected chi connectivity index (χ2v) is 13.8. The van der Waals surface area contributed by atoms with Crippen molar-refractivity contribution in [3.63, 3.8) is 0 Å². The highest BCUT2D eigenvalue weighted by atomic mass is 35.5. The van der Waals surface area contributed by atoms with E-state index in [0.29, 0.717) is 27.0 Å². The van der Waals surface area contributed by atoms with Gasteiger partial charge in [-0.1, -0.05) is 108 Å². The minimum atomic E-state index is -0.785. The molecule has 5 aromatic carbocycles. The Hall–Kier alpha value is -5.37. The monoisotopic (exact) mass is 713 g/mol. The van der Waals surface area contributed by atoms with Crippen molar-refractivity contribution in [1.29, 1.82) is 0 Å². The lowest BCUT2D eigenvalue weighted by Gasteiger charge is -2.44. The number of carbonyl (C=O) groups is 3. The van der Waals surface area contributed by atoms with Gasteiger partial charge < -0.3 is 9.64 Å². The van der Waals surface area contributed by atoms with Crippen LogP contribution in [-0.2, 0) is 16.2 Å². The topological polar surface area (TPSA) is 79.0 Å². The molecule has 9 heteroatoms. The number of anilines is 2. The van der Waals surface area contributed by atoms with E-state index < -0.39 is 17.8 Å². The summed E-state index contributed by atoms with van der Waals surface area (Å²) in [4.78, 5) is 44.9. The summed E-state index contributed by atoms with van der Waals surface area (Å²) < 4.78 is 6.10. The van der Waals surface area contributed by atoms with Gasteiger partial charge in [0.15, 0.2) is 0 Å². The Morgan fingerprint density at radius 2 is 1.35 bits per heavy atom. The predicted molar refractivity (Wildman–Crippen MR) is 201 cm³/mol. The highest BCUT2D eigenvalue weighted by Gasteiger charge is 2.40. The van der Waals surface area contributed by atoms with Gasteiger partial charge in [0.25, 0.3) is 11.8 Å². The molecule has 0 bridgehead atoms. The maximum absolute atomic E-state index is 14.4. The van der Waals surface area contributed by atoms with Gasteiger partial charge >= 0.3 is 6.03 Å². The molecule has 4 amide bonds. The summed E-state index contributed by atoms with van der Waals surface area (Å²) in [5, 5.41) is 3.40. The summed E-state index contributed by atoms with van der Waals surface area (Å²) in [5.74, 6) is -0.893. The molecule has 0 radical (unpaired) electrons. The van der Waals surface area contributed by atoms with Crippen molar-refractivity contribution in [2.75, 3.05) is 22.9 Å². The molecule has 1 fully saturated rings. The van der Waals surface area contributed by atoms with Gasteiger partial charge in [0.05, 0.1) is 5.69 Å². The number of hydrogen-bond donors (Lipinski definition) is 1. The van der Waals surface area contributed by atoms with Crippen molar-refractivity contribution in [2.24, 2.45) is 0 Å². The van der Waals surface area contributed by atoms with Crippen LogP contribution in [0.3, 0.4) is 0 Å². The number of halogens is 2. The summed E-state index contributed by atoms with van der Waals surface area (Å²) in [6.45, 7) is 1.97. The first-order valence-electron chi connectivity index (χ1n) is 17.0. The first-order chi connectivity index (χ1) is 24.9. The first-order valence-corrected chi connectivity index (χ1v) is 17.7. The van der Waals surface area contributed by atoms with Crippen LogP contribution in [0.1, 0.15) is 58.1 Å². The molecule has 0 aliphatic carbocycles. The van der Waals surface area contributed by atoms with Crippen molar-refractivity contribution < 1.29 is 19.1 Å². The highest BCUT2D eigenvalue weighted by molar-refractivity contribution is 6.39. The summed E-state index contributed by atoms with van der Waals surface area (Å²) >= 11 is 12.4. The number of carbonyl (C=O) groups excluding carboxylic acids is 3. The number of barbiturate groups is 1. The van der Waals surface area contributed by atoms with Gasteiger partial charge in [-0.15, -0.1) is 0 Å². The van der Waals surface area contributed by atoms with E-state index in [4.69, 9.17) is 27.9 Å². The van der Waals surface area contributed by atoms with Crippen molar-refractivity contribution in [2.45, 2.75) is 31.3 Å². The fourth-order valence-electron chi connectivity index (χ4n) is 7.54. The molecule has 3 heterocycles. The number of benzene rings is 5. The molecule has 254 valence electrons. The molecule has 1 saturated heterocycles. The molecule has 0 spiro atoms. The molecular weight excluding hydrogens is 681 g/mol. The zero-order valence-corrected chi connectivity index (χ0v) is 29.0. The average molecular weight is 715 g/mol. The maximum Gasteiger partial charge on any atom is 0.335 e. The molecule has 0 unspecified atom stereocenters. The average Bonchev–Trinajstić information content (AvgIpc) is 3.14. The number of imide groups is 2. The lowest BCUT2D eigenvalue weighted by molar-refractivity contribution is -0.122. The van der Waals surface area contributed by atoms with E-state index in [1.54, 1.807) is 42.5 Å². The summed E-state index contributed by atoms with van der Waals surface area (Å²) in [7, 11) is 0. The van der Waals surface area contributed by atoms with Crippen molar-refractivity contribution in [1.82, 2.24) is 5.32 Å². The lowest BCUT2D eigenvalue weighted by atomic mass is 9.76. The van der Waals surface area contributed by atoms with Crippen LogP contribution in [0, 0.1) is 0 Å². The number of amides is 4. The Morgan fingerprint density at radius 3 is 1.98 bits per heavy atom. The van der Waals surface area contributed by atoms with Gasteiger partial charge in [0.2, 0.25) is 0 Å². The van der Waals surface area contributed by atoms with E-state index >= 15 is 0 Å². The minimum Gasteiger partial charge on any atom is -0.488 e. The fraction of sp³-hybridized carbons (Fsp3) is 0.167. The first kappa shape index (κ1) is 32.8. The molecule has 3 aliphatic heterocycles. The third-order valence-corrected chi connectivity index (χ3v) is 10.6. The van der Waals surface area contributed by atoms with E-state index in [9.17, 15) is 14.4 Å². The largest absolute Gasteiger partial charge is 0.488 e. The van der Waals surface area contributed by atoms with Gasteiger partial charge in [0, 0.05) is 51.8 Å². The summed E-state index contributed by atoms with van der Waals surface area (Å²) in [6, 6.07) is 36.1. The predicted octanol–water partition coefficient (Wildman–Crippen LogP) is 9.12. The molecule has 2 atom stereocenters. The fourth-order valence-corrected chi connectivity index (χ4v) is 8.00. The third kappa shape index (κ3) is 6.28. The Bertz CT molecular complexity index is 2130. The molecule has 3 aliphatic rings. The molecule has 8 rings (SSSR count). The van der Waals surface area contributed by atoms with E-state index in [2.05, 4.69) is 34.5 Å². The Balaban J connectivity index is 1.20. The van der Waals surface area contributed by atoms with Crippen LogP contribution < -0.4 is 19.9 Å².